The summed E-state index contributed by atoms with van der Waals surface area (Å²) in [4.78, 5) is 0. The van der Waals surface area contributed by atoms with Crippen molar-refractivity contribution < 1.29 is 9.47 Å². The van der Waals surface area contributed by atoms with Crippen molar-refractivity contribution in [2.45, 2.75) is 111 Å². The summed E-state index contributed by atoms with van der Waals surface area (Å²) in [5.41, 5.74) is 1.49. The molecule has 0 radical (unpaired) electrons. The lowest BCUT2D eigenvalue weighted by atomic mass is 9.79. The van der Waals surface area contributed by atoms with Crippen LogP contribution in [-0.4, -0.2) is 13.2 Å². The minimum atomic E-state index is 0.118. The van der Waals surface area contributed by atoms with Gasteiger partial charge in [0, 0.05) is 21.5 Å². The zero-order valence-electron chi connectivity index (χ0n) is 25.4. The molecule has 2 fully saturated rings. The Bertz CT molecular complexity index is 1240. The summed E-state index contributed by atoms with van der Waals surface area (Å²) < 4.78 is 13.5. The van der Waals surface area contributed by atoms with Gasteiger partial charge in [0.25, 0.3) is 0 Å². The maximum Gasteiger partial charge on any atom is 0.135 e. The van der Waals surface area contributed by atoms with E-state index < -0.39 is 0 Å². The molecule has 4 unspecified atom stereocenters. The van der Waals surface area contributed by atoms with E-state index in [9.17, 15) is 0 Å². The molecule has 0 N–H and O–H groups in total. The average Bonchev–Trinajstić information content (AvgIpc) is 2.95. The third-order valence-corrected chi connectivity index (χ3v) is 10.6. The fraction of sp³-hybridized carbons (Fsp3) is 0.622. The number of ether oxygens (including phenoxy) is 2. The van der Waals surface area contributed by atoms with Crippen LogP contribution in [0.15, 0.2) is 42.5 Å². The zero-order chi connectivity index (χ0) is 27.4. The minimum Gasteiger partial charge on any atom is -0.492 e. The summed E-state index contributed by atoms with van der Waals surface area (Å²) in [6.45, 7) is 13.4. The molecule has 0 aliphatic heterocycles. The molecule has 4 atom stereocenters. The van der Waals surface area contributed by atoms with Crippen LogP contribution in [0.2, 0.25) is 0 Å². The van der Waals surface area contributed by atoms with Crippen LogP contribution in [0.25, 0.3) is 21.5 Å². The molecule has 5 rings (SSSR count). The van der Waals surface area contributed by atoms with E-state index in [0.29, 0.717) is 0 Å². The fourth-order valence-electron chi connectivity index (χ4n) is 7.30. The molecule has 0 saturated heterocycles. The predicted octanol–water partition coefficient (Wildman–Crippen LogP) is 10.9. The first-order chi connectivity index (χ1) is 18.9. The highest BCUT2D eigenvalue weighted by atomic mass is 16.5. The van der Waals surface area contributed by atoms with E-state index in [1.807, 2.05) is 0 Å². The smallest absolute Gasteiger partial charge is 0.135 e. The molecule has 3 aromatic carbocycles. The second-order valence-electron chi connectivity index (χ2n) is 13.5. The lowest BCUT2D eigenvalue weighted by Crippen LogP contribution is -2.19. The number of hydrogen-bond donors (Lipinski definition) is 0. The largest absolute Gasteiger partial charge is 0.492 e. The number of fused-ring (bicyclic) bond motifs is 2. The highest BCUT2D eigenvalue weighted by Gasteiger charge is 2.25. The average molecular weight is 529 g/mol. The molecular formula is C37H52O2. The summed E-state index contributed by atoms with van der Waals surface area (Å²) in [7, 11) is 0. The van der Waals surface area contributed by atoms with Crippen LogP contribution in [-0.2, 0) is 5.41 Å². The second kappa shape index (κ2) is 12.5. The molecule has 2 nitrogen and oxygen atoms in total. The van der Waals surface area contributed by atoms with Crippen LogP contribution in [0.4, 0.5) is 0 Å². The third kappa shape index (κ3) is 6.26. The maximum atomic E-state index is 6.80. The van der Waals surface area contributed by atoms with Crippen LogP contribution in [0.1, 0.15) is 111 Å². The minimum absolute atomic E-state index is 0.118. The lowest BCUT2D eigenvalue weighted by molar-refractivity contribution is 0.197. The van der Waals surface area contributed by atoms with E-state index >= 15 is 0 Å². The van der Waals surface area contributed by atoms with Crippen molar-refractivity contribution in [3.05, 3.63) is 48.0 Å². The molecule has 2 saturated carbocycles. The Labute approximate surface area is 237 Å². The number of benzene rings is 3. The predicted molar refractivity (Wildman–Crippen MR) is 167 cm³/mol. The molecule has 212 valence electrons. The third-order valence-electron chi connectivity index (χ3n) is 10.6. The van der Waals surface area contributed by atoms with E-state index in [2.05, 4.69) is 77.1 Å². The van der Waals surface area contributed by atoms with Gasteiger partial charge in [0.2, 0.25) is 0 Å². The van der Waals surface area contributed by atoms with Gasteiger partial charge in [-0.25, -0.2) is 0 Å². The fourth-order valence-corrected chi connectivity index (χ4v) is 7.30. The van der Waals surface area contributed by atoms with Gasteiger partial charge >= 0.3 is 0 Å². The summed E-state index contributed by atoms with van der Waals surface area (Å²) in [5.74, 6) is 5.30. The van der Waals surface area contributed by atoms with Gasteiger partial charge in [-0.05, 0) is 60.0 Å². The monoisotopic (exact) mass is 528 g/mol. The molecule has 0 bridgehead atoms. The Morgan fingerprint density at radius 2 is 1.15 bits per heavy atom. The van der Waals surface area contributed by atoms with Crippen molar-refractivity contribution in [2.24, 2.45) is 23.7 Å². The SMILES string of the molecule is CCC(C)(C)c1ccc2c(OCCC3CCCCC3C)c3ccccc3c(OCCC3CCCCC3C)c2c1. The molecule has 39 heavy (non-hydrogen) atoms. The van der Waals surface area contributed by atoms with E-state index in [1.54, 1.807) is 0 Å². The molecule has 2 aliphatic rings. The van der Waals surface area contributed by atoms with E-state index in [0.717, 1.165) is 67.6 Å². The van der Waals surface area contributed by atoms with Gasteiger partial charge in [-0.2, -0.15) is 0 Å². The quantitative estimate of drug-likeness (QED) is 0.244. The zero-order valence-corrected chi connectivity index (χ0v) is 25.4. The summed E-state index contributed by atoms with van der Waals surface area (Å²) in [6.07, 6.45) is 14.4. The van der Waals surface area contributed by atoms with Crippen LogP contribution < -0.4 is 9.47 Å². The first-order valence-corrected chi connectivity index (χ1v) is 16.1. The normalized spacial score (nSPS) is 24.2. The van der Waals surface area contributed by atoms with E-state index in [4.69, 9.17) is 9.47 Å². The molecule has 3 aromatic rings. The highest BCUT2D eigenvalue weighted by Crippen LogP contribution is 2.45. The molecule has 0 aromatic heterocycles. The summed E-state index contributed by atoms with van der Waals surface area (Å²) >= 11 is 0. The van der Waals surface area contributed by atoms with Gasteiger partial charge in [0.05, 0.1) is 13.2 Å². The maximum absolute atomic E-state index is 6.80. The van der Waals surface area contributed by atoms with Crippen LogP contribution in [0, 0.1) is 23.7 Å². The molecule has 0 amide bonds. The van der Waals surface area contributed by atoms with Gasteiger partial charge in [-0.15, -0.1) is 0 Å². The molecule has 2 aliphatic carbocycles. The van der Waals surface area contributed by atoms with Crippen molar-refractivity contribution in [1.82, 2.24) is 0 Å². The van der Waals surface area contributed by atoms with Gasteiger partial charge < -0.3 is 9.47 Å². The van der Waals surface area contributed by atoms with Crippen molar-refractivity contribution in [2.75, 3.05) is 13.2 Å². The van der Waals surface area contributed by atoms with Crippen molar-refractivity contribution in [3.63, 3.8) is 0 Å². The Hall–Kier alpha value is -2.22. The lowest BCUT2D eigenvalue weighted by Gasteiger charge is -2.29. The Morgan fingerprint density at radius 3 is 1.67 bits per heavy atom. The number of hydrogen-bond acceptors (Lipinski definition) is 2. The Morgan fingerprint density at radius 1 is 0.667 bits per heavy atom. The highest BCUT2D eigenvalue weighted by molar-refractivity contribution is 6.11. The van der Waals surface area contributed by atoms with Gasteiger partial charge in [0.15, 0.2) is 0 Å². The first-order valence-electron chi connectivity index (χ1n) is 16.1. The Kier molecular flexibility index (Phi) is 9.09. The van der Waals surface area contributed by atoms with Crippen LogP contribution in [0.3, 0.4) is 0 Å². The molecule has 0 spiro atoms. The molecule has 0 heterocycles. The van der Waals surface area contributed by atoms with Gasteiger partial charge in [-0.1, -0.05) is 122 Å². The van der Waals surface area contributed by atoms with Crippen molar-refractivity contribution in [3.8, 4) is 11.5 Å². The Balaban J connectivity index is 1.50. The second-order valence-corrected chi connectivity index (χ2v) is 13.5. The first kappa shape index (κ1) is 28.3. The molecule has 2 heteroatoms. The van der Waals surface area contributed by atoms with Gasteiger partial charge in [-0.3, -0.25) is 0 Å². The van der Waals surface area contributed by atoms with E-state index in [1.165, 1.54) is 78.5 Å². The molecular weight excluding hydrogens is 476 g/mol. The summed E-state index contributed by atoms with van der Waals surface area (Å²) in [6, 6.07) is 15.8. The topological polar surface area (TPSA) is 18.5 Å². The summed E-state index contributed by atoms with van der Waals surface area (Å²) in [5, 5.41) is 4.78. The number of rotatable bonds is 10. The van der Waals surface area contributed by atoms with Crippen molar-refractivity contribution >= 4 is 21.5 Å². The standard InChI is InChI=1S/C37H52O2/c1-6-37(4,5)30-19-20-33-34(25-30)36(39-24-22-29-16-10-8-14-27(29)3)32-18-12-11-17-31(32)35(33)38-23-21-28-15-9-7-13-26(28)2/h11-12,17-20,25-29H,6-10,13-16,21-24H2,1-5H3. The van der Waals surface area contributed by atoms with E-state index in [-0.39, 0.29) is 5.41 Å². The van der Waals surface area contributed by atoms with Crippen LogP contribution in [0.5, 0.6) is 11.5 Å². The van der Waals surface area contributed by atoms with Gasteiger partial charge in [0.1, 0.15) is 11.5 Å². The van der Waals surface area contributed by atoms with Crippen molar-refractivity contribution in [1.29, 1.82) is 0 Å². The van der Waals surface area contributed by atoms with Crippen LogP contribution >= 0.6 is 0 Å².